The van der Waals surface area contributed by atoms with Gasteiger partial charge in [-0.15, -0.1) is 0 Å². The molecule has 3 heteroatoms. The summed E-state index contributed by atoms with van der Waals surface area (Å²) in [4.78, 5) is 14.7. The van der Waals surface area contributed by atoms with Crippen LogP contribution in [0.5, 0.6) is 5.75 Å². The fourth-order valence-corrected chi connectivity index (χ4v) is 3.86. The van der Waals surface area contributed by atoms with Gasteiger partial charge in [-0.05, 0) is 37.7 Å². The van der Waals surface area contributed by atoms with Gasteiger partial charge in [0.2, 0.25) is 5.91 Å². The molecule has 0 aromatic heterocycles. The summed E-state index contributed by atoms with van der Waals surface area (Å²) in [7, 11) is 0. The largest absolute Gasteiger partial charge is 0.508 e. The number of carbonyl (C=O) groups is 1. The third-order valence-electron chi connectivity index (χ3n) is 4.90. The van der Waals surface area contributed by atoms with E-state index in [9.17, 15) is 9.90 Å². The van der Waals surface area contributed by atoms with Crippen LogP contribution in [0.3, 0.4) is 0 Å². The van der Waals surface area contributed by atoms with Crippen molar-refractivity contribution in [3.8, 4) is 5.75 Å². The van der Waals surface area contributed by atoms with Gasteiger partial charge in [-0.3, -0.25) is 4.79 Å². The van der Waals surface area contributed by atoms with E-state index in [4.69, 9.17) is 0 Å². The summed E-state index contributed by atoms with van der Waals surface area (Å²) in [5.74, 6) is 1.13. The standard InChI is InChI=1S/C17H23NO2/c19-16-10-4-2-7-14(16)12-17(20)18-11-5-8-13-6-1-3-9-15(13)18/h2,4,7,10,13,15,19H,1,3,5-6,8-9,11-12H2/t13-,15-/m1/s1. The number of likely N-dealkylation sites (tertiary alicyclic amines) is 1. The minimum Gasteiger partial charge on any atom is -0.508 e. The zero-order chi connectivity index (χ0) is 13.9. The lowest BCUT2D eigenvalue weighted by molar-refractivity contribution is -0.136. The monoisotopic (exact) mass is 273 g/mol. The topological polar surface area (TPSA) is 40.5 Å². The first-order valence-electron chi connectivity index (χ1n) is 7.82. The molecule has 0 radical (unpaired) electrons. The van der Waals surface area contributed by atoms with Crippen molar-refractivity contribution in [2.75, 3.05) is 6.54 Å². The Morgan fingerprint density at radius 2 is 1.90 bits per heavy atom. The number of nitrogens with zero attached hydrogens (tertiary/aromatic N) is 1. The highest BCUT2D eigenvalue weighted by atomic mass is 16.3. The van der Waals surface area contributed by atoms with Gasteiger partial charge in [-0.25, -0.2) is 0 Å². The molecule has 1 N–H and O–H groups in total. The molecule has 1 aliphatic carbocycles. The molecule has 2 atom stereocenters. The van der Waals surface area contributed by atoms with Crippen LogP contribution in [0.1, 0.15) is 44.1 Å². The summed E-state index contributed by atoms with van der Waals surface area (Å²) in [6.45, 7) is 0.896. The Morgan fingerprint density at radius 1 is 1.15 bits per heavy atom. The van der Waals surface area contributed by atoms with E-state index < -0.39 is 0 Å². The van der Waals surface area contributed by atoms with Crippen molar-refractivity contribution in [1.29, 1.82) is 0 Å². The maximum Gasteiger partial charge on any atom is 0.227 e. The molecule has 0 bridgehead atoms. The van der Waals surface area contributed by atoms with Crippen molar-refractivity contribution >= 4 is 5.91 Å². The zero-order valence-corrected chi connectivity index (χ0v) is 11.9. The summed E-state index contributed by atoms with van der Waals surface area (Å²) in [6, 6.07) is 7.62. The molecule has 3 rings (SSSR count). The predicted molar refractivity (Wildman–Crippen MR) is 78.5 cm³/mol. The van der Waals surface area contributed by atoms with E-state index in [1.165, 1.54) is 25.7 Å². The van der Waals surface area contributed by atoms with E-state index >= 15 is 0 Å². The van der Waals surface area contributed by atoms with Gasteiger partial charge in [-0.1, -0.05) is 31.0 Å². The number of phenolic OH excluding ortho intramolecular Hbond substituents is 1. The second-order valence-electron chi connectivity index (χ2n) is 6.15. The maximum atomic E-state index is 12.6. The summed E-state index contributed by atoms with van der Waals surface area (Å²) in [6.07, 6.45) is 7.76. The molecule has 1 amide bonds. The van der Waals surface area contributed by atoms with Gasteiger partial charge >= 0.3 is 0 Å². The van der Waals surface area contributed by atoms with E-state index in [0.29, 0.717) is 18.4 Å². The van der Waals surface area contributed by atoms with Crippen LogP contribution in [-0.4, -0.2) is 28.5 Å². The lowest BCUT2D eigenvalue weighted by Gasteiger charge is -2.44. The van der Waals surface area contributed by atoms with Crippen LogP contribution >= 0.6 is 0 Å². The van der Waals surface area contributed by atoms with E-state index in [2.05, 4.69) is 4.90 Å². The minimum atomic E-state index is 0.183. The SMILES string of the molecule is O=C(Cc1ccccc1O)N1CCC[C@H]2CCCC[C@H]21. The second kappa shape index (κ2) is 5.86. The van der Waals surface area contributed by atoms with E-state index in [1.54, 1.807) is 12.1 Å². The number of hydrogen-bond donors (Lipinski definition) is 1. The molecule has 0 unspecified atom stereocenters. The third-order valence-corrected chi connectivity index (χ3v) is 4.90. The average Bonchev–Trinajstić information content (AvgIpc) is 2.49. The van der Waals surface area contributed by atoms with Crippen LogP contribution in [0.2, 0.25) is 0 Å². The summed E-state index contributed by atoms with van der Waals surface area (Å²) in [5, 5.41) is 9.82. The van der Waals surface area contributed by atoms with Crippen LogP contribution in [0.4, 0.5) is 0 Å². The molecule has 0 spiro atoms. The second-order valence-corrected chi connectivity index (χ2v) is 6.15. The summed E-state index contributed by atoms with van der Waals surface area (Å²) < 4.78 is 0. The summed E-state index contributed by atoms with van der Waals surface area (Å²) in [5.41, 5.74) is 0.746. The van der Waals surface area contributed by atoms with Crippen LogP contribution in [0, 0.1) is 5.92 Å². The van der Waals surface area contributed by atoms with Gasteiger partial charge in [0.05, 0.1) is 6.42 Å². The van der Waals surface area contributed by atoms with Crippen LogP contribution in [-0.2, 0) is 11.2 Å². The molecule has 2 aliphatic rings. The number of carbonyl (C=O) groups excluding carboxylic acids is 1. The molecule has 3 nitrogen and oxygen atoms in total. The van der Waals surface area contributed by atoms with Crippen LogP contribution in [0.15, 0.2) is 24.3 Å². The molecule has 108 valence electrons. The number of piperidine rings is 1. The Balaban J connectivity index is 1.71. The van der Waals surface area contributed by atoms with E-state index in [1.807, 2.05) is 12.1 Å². The van der Waals surface area contributed by atoms with Gasteiger partial charge in [-0.2, -0.15) is 0 Å². The number of rotatable bonds is 2. The molecular formula is C17H23NO2. The lowest BCUT2D eigenvalue weighted by atomic mass is 9.78. The number of hydrogen-bond acceptors (Lipinski definition) is 2. The molecule has 1 saturated carbocycles. The molecule has 20 heavy (non-hydrogen) atoms. The van der Waals surface area contributed by atoms with Crippen LogP contribution in [0.25, 0.3) is 0 Å². The van der Waals surface area contributed by atoms with Crippen molar-refractivity contribution < 1.29 is 9.90 Å². The molecule has 1 saturated heterocycles. The average molecular weight is 273 g/mol. The summed E-state index contributed by atoms with van der Waals surface area (Å²) >= 11 is 0. The van der Waals surface area contributed by atoms with Gasteiger partial charge in [0.15, 0.2) is 0 Å². The first kappa shape index (κ1) is 13.5. The van der Waals surface area contributed by atoms with Crippen molar-refractivity contribution in [2.45, 2.75) is 51.0 Å². The molecule has 1 aliphatic heterocycles. The Labute approximate surface area is 120 Å². The number of phenols is 1. The highest BCUT2D eigenvalue weighted by molar-refractivity contribution is 5.80. The highest BCUT2D eigenvalue weighted by Gasteiger charge is 2.35. The highest BCUT2D eigenvalue weighted by Crippen LogP contribution is 2.35. The maximum absolute atomic E-state index is 12.6. The Bertz CT molecular complexity index is 484. The Kier molecular flexibility index (Phi) is 3.95. The molecule has 1 heterocycles. The molecule has 1 aromatic carbocycles. The lowest BCUT2D eigenvalue weighted by Crippen LogP contribution is -2.50. The third kappa shape index (κ3) is 2.67. The van der Waals surface area contributed by atoms with Crippen molar-refractivity contribution in [3.63, 3.8) is 0 Å². The number of aromatic hydroxyl groups is 1. The van der Waals surface area contributed by atoms with Gasteiger partial charge < -0.3 is 10.0 Å². The van der Waals surface area contributed by atoms with Gasteiger partial charge in [0.25, 0.3) is 0 Å². The Morgan fingerprint density at radius 3 is 2.75 bits per heavy atom. The van der Waals surface area contributed by atoms with E-state index in [0.717, 1.165) is 24.9 Å². The van der Waals surface area contributed by atoms with Crippen molar-refractivity contribution in [1.82, 2.24) is 4.90 Å². The number of amides is 1. The van der Waals surface area contributed by atoms with Gasteiger partial charge in [0, 0.05) is 18.2 Å². The zero-order valence-electron chi connectivity index (χ0n) is 11.9. The Hall–Kier alpha value is -1.51. The molecule has 2 fully saturated rings. The first-order chi connectivity index (χ1) is 9.75. The fourth-order valence-electron chi connectivity index (χ4n) is 3.86. The fraction of sp³-hybridized carbons (Fsp3) is 0.588. The predicted octanol–water partition coefficient (Wildman–Crippen LogP) is 3.12. The quantitative estimate of drug-likeness (QED) is 0.899. The van der Waals surface area contributed by atoms with Crippen molar-refractivity contribution in [3.05, 3.63) is 29.8 Å². The number of benzene rings is 1. The number of para-hydroxylation sites is 1. The normalized spacial score (nSPS) is 26.1. The van der Waals surface area contributed by atoms with Crippen molar-refractivity contribution in [2.24, 2.45) is 5.92 Å². The smallest absolute Gasteiger partial charge is 0.227 e. The minimum absolute atomic E-state index is 0.183. The molecule has 1 aromatic rings. The van der Waals surface area contributed by atoms with E-state index in [-0.39, 0.29) is 11.7 Å². The van der Waals surface area contributed by atoms with Crippen LogP contribution < -0.4 is 0 Å². The number of fused-ring (bicyclic) bond motifs is 1. The molecular weight excluding hydrogens is 250 g/mol. The first-order valence-corrected chi connectivity index (χ1v) is 7.82. The van der Waals surface area contributed by atoms with Gasteiger partial charge in [0.1, 0.15) is 5.75 Å².